The predicted octanol–water partition coefficient (Wildman–Crippen LogP) is 4.49. The zero-order valence-electron chi connectivity index (χ0n) is 17.6. The lowest BCUT2D eigenvalue weighted by molar-refractivity contribution is -0.140. The van der Waals surface area contributed by atoms with Gasteiger partial charge in [0.2, 0.25) is 0 Å². The summed E-state index contributed by atoms with van der Waals surface area (Å²) < 4.78 is 35.0. The molecule has 0 spiro atoms. The third-order valence-corrected chi connectivity index (χ3v) is 3.98. The summed E-state index contributed by atoms with van der Waals surface area (Å²) in [7, 11) is 0. The molecule has 0 fully saturated rings. The smallest absolute Gasteiger partial charge is 0.333 e. The van der Waals surface area contributed by atoms with Gasteiger partial charge in [0.15, 0.2) is 11.6 Å². The molecule has 0 aliphatic carbocycles. The molecular weight excluding hydrogens is 403 g/mol. The number of carbonyl (C=O) groups excluding carboxylic acids is 2. The molecule has 0 unspecified atom stereocenters. The quantitative estimate of drug-likeness (QED) is 0.298. The lowest BCUT2D eigenvalue weighted by atomic mass is 10.1. The number of esters is 2. The van der Waals surface area contributed by atoms with Crippen molar-refractivity contribution in [1.29, 1.82) is 0 Å². The van der Waals surface area contributed by atoms with Crippen LogP contribution in [0.1, 0.15) is 13.8 Å². The highest BCUT2D eigenvalue weighted by Gasteiger charge is 2.08. The largest absolute Gasteiger partial charge is 0.490 e. The van der Waals surface area contributed by atoms with Crippen LogP contribution in [0.3, 0.4) is 0 Å². The Labute approximate surface area is 180 Å². The first kappa shape index (κ1) is 23.7. The average Bonchev–Trinajstić information content (AvgIpc) is 2.75. The Kier molecular flexibility index (Phi) is 8.81. The molecule has 0 atom stereocenters. The van der Waals surface area contributed by atoms with E-state index in [9.17, 15) is 14.0 Å². The molecule has 0 bridgehead atoms. The molecule has 0 heterocycles. The molecule has 0 aliphatic rings. The third kappa shape index (κ3) is 7.62. The van der Waals surface area contributed by atoms with E-state index in [0.29, 0.717) is 16.9 Å². The van der Waals surface area contributed by atoms with Gasteiger partial charge in [-0.3, -0.25) is 0 Å². The zero-order chi connectivity index (χ0) is 22.8. The maximum absolute atomic E-state index is 14.3. The van der Waals surface area contributed by atoms with Crippen LogP contribution < -0.4 is 9.47 Å². The Morgan fingerprint density at radius 2 is 1.29 bits per heavy atom. The van der Waals surface area contributed by atoms with Crippen molar-refractivity contribution in [3.8, 4) is 22.6 Å². The summed E-state index contributed by atoms with van der Waals surface area (Å²) in [6.45, 7) is 10.5. The number of hydrogen-bond donors (Lipinski definition) is 0. The van der Waals surface area contributed by atoms with Crippen LogP contribution in [-0.4, -0.2) is 38.4 Å². The van der Waals surface area contributed by atoms with E-state index >= 15 is 0 Å². The normalized spacial score (nSPS) is 10.2. The SMILES string of the molecule is C=C(C)C(=O)OCCOc1ccc(-c2ccc(OCCOC(=O)C(=C)C)c(F)c2)cc1. The van der Waals surface area contributed by atoms with Crippen LogP contribution in [0.4, 0.5) is 4.39 Å². The van der Waals surface area contributed by atoms with Crippen LogP contribution >= 0.6 is 0 Å². The lowest BCUT2D eigenvalue weighted by Gasteiger charge is -2.10. The number of hydrogen-bond acceptors (Lipinski definition) is 6. The summed E-state index contributed by atoms with van der Waals surface area (Å²) in [6, 6.07) is 11.7. The zero-order valence-corrected chi connectivity index (χ0v) is 17.6. The molecule has 0 saturated carbocycles. The standard InChI is InChI=1S/C24H25FO6/c1-16(2)23(26)30-13-11-28-20-8-5-18(6-9-20)19-7-10-22(21(25)15-19)29-12-14-31-24(27)17(3)4/h5-10,15H,1,3,11-14H2,2,4H3. The first-order valence-corrected chi connectivity index (χ1v) is 9.58. The fourth-order valence-corrected chi connectivity index (χ4v) is 2.37. The van der Waals surface area contributed by atoms with Gasteiger partial charge in [0.05, 0.1) is 0 Å². The van der Waals surface area contributed by atoms with E-state index in [1.54, 1.807) is 44.2 Å². The van der Waals surface area contributed by atoms with Crippen molar-refractivity contribution < 1.29 is 32.9 Å². The second-order valence-corrected chi connectivity index (χ2v) is 6.70. The highest BCUT2D eigenvalue weighted by Crippen LogP contribution is 2.27. The van der Waals surface area contributed by atoms with Crippen molar-refractivity contribution in [3.63, 3.8) is 0 Å². The lowest BCUT2D eigenvalue weighted by Crippen LogP contribution is -2.12. The average molecular weight is 428 g/mol. The summed E-state index contributed by atoms with van der Waals surface area (Å²) in [6.07, 6.45) is 0. The summed E-state index contributed by atoms with van der Waals surface area (Å²) in [5.41, 5.74) is 2.08. The van der Waals surface area contributed by atoms with Gasteiger partial charge in [0.25, 0.3) is 0 Å². The van der Waals surface area contributed by atoms with Crippen LogP contribution in [-0.2, 0) is 19.1 Å². The fraction of sp³-hybridized carbons (Fsp3) is 0.250. The van der Waals surface area contributed by atoms with Gasteiger partial charge in [-0.2, -0.15) is 0 Å². The number of rotatable bonds is 11. The fourth-order valence-electron chi connectivity index (χ4n) is 2.37. The van der Waals surface area contributed by atoms with Gasteiger partial charge in [-0.05, 0) is 49.2 Å². The van der Waals surface area contributed by atoms with Crippen molar-refractivity contribution in [2.45, 2.75) is 13.8 Å². The van der Waals surface area contributed by atoms with Crippen molar-refractivity contribution in [1.82, 2.24) is 0 Å². The molecule has 2 aromatic carbocycles. The Morgan fingerprint density at radius 1 is 0.774 bits per heavy atom. The second-order valence-electron chi connectivity index (χ2n) is 6.70. The van der Waals surface area contributed by atoms with Crippen LogP contribution in [0.2, 0.25) is 0 Å². The van der Waals surface area contributed by atoms with Gasteiger partial charge in [-0.15, -0.1) is 0 Å². The summed E-state index contributed by atoms with van der Waals surface area (Å²) >= 11 is 0. The summed E-state index contributed by atoms with van der Waals surface area (Å²) in [4.78, 5) is 22.6. The van der Waals surface area contributed by atoms with E-state index in [-0.39, 0.29) is 37.8 Å². The molecule has 0 aliphatic heterocycles. The minimum absolute atomic E-state index is 0.000738. The van der Waals surface area contributed by atoms with Crippen LogP contribution in [0.5, 0.6) is 11.5 Å². The Bertz CT molecular complexity index is 949. The van der Waals surface area contributed by atoms with Crippen molar-refractivity contribution >= 4 is 11.9 Å². The van der Waals surface area contributed by atoms with E-state index in [1.807, 2.05) is 0 Å². The van der Waals surface area contributed by atoms with Crippen molar-refractivity contribution in [2.75, 3.05) is 26.4 Å². The van der Waals surface area contributed by atoms with E-state index in [4.69, 9.17) is 18.9 Å². The first-order chi connectivity index (χ1) is 14.8. The van der Waals surface area contributed by atoms with Crippen LogP contribution in [0, 0.1) is 5.82 Å². The minimum atomic E-state index is -0.525. The molecule has 0 N–H and O–H groups in total. The topological polar surface area (TPSA) is 71.1 Å². The maximum atomic E-state index is 14.3. The molecule has 0 saturated heterocycles. The van der Waals surface area contributed by atoms with Gasteiger partial charge in [-0.1, -0.05) is 31.4 Å². The van der Waals surface area contributed by atoms with Gasteiger partial charge in [0, 0.05) is 11.1 Å². The Balaban J connectivity index is 1.85. The molecule has 2 aromatic rings. The number of ether oxygens (including phenoxy) is 4. The van der Waals surface area contributed by atoms with E-state index in [2.05, 4.69) is 13.2 Å². The number of halogens is 1. The van der Waals surface area contributed by atoms with E-state index < -0.39 is 17.8 Å². The first-order valence-electron chi connectivity index (χ1n) is 9.58. The minimum Gasteiger partial charge on any atom is -0.490 e. The Hall–Kier alpha value is -3.61. The molecule has 0 aromatic heterocycles. The predicted molar refractivity (Wildman–Crippen MR) is 114 cm³/mol. The molecule has 2 rings (SSSR count). The van der Waals surface area contributed by atoms with Crippen molar-refractivity contribution in [2.24, 2.45) is 0 Å². The highest BCUT2D eigenvalue weighted by atomic mass is 19.1. The third-order valence-electron chi connectivity index (χ3n) is 3.98. The second kappa shape index (κ2) is 11.5. The van der Waals surface area contributed by atoms with Gasteiger partial charge in [0.1, 0.15) is 32.2 Å². The monoisotopic (exact) mass is 428 g/mol. The van der Waals surface area contributed by atoms with Crippen LogP contribution in [0.25, 0.3) is 11.1 Å². The molecule has 164 valence electrons. The maximum Gasteiger partial charge on any atom is 0.333 e. The summed E-state index contributed by atoms with van der Waals surface area (Å²) in [5, 5.41) is 0. The van der Waals surface area contributed by atoms with Crippen molar-refractivity contribution in [3.05, 3.63) is 72.6 Å². The number of carbonyl (C=O) groups is 2. The molecule has 0 amide bonds. The van der Waals surface area contributed by atoms with Gasteiger partial charge < -0.3 is 18.9 Å². The highest BCUT2D eigenvalue weighted by molar-refractivity contribution is 5.87. The summed E-state index contributed by atoms with van der Waals surface area (Å²) in [5.74, 6) is -0.830. The van der Waals surface area contributed by atoms with E-state index in [0.717, 1.165) is 5.56 Å². The molecular formula is C24H25FO6. The van der Waals surface area contributed by atoms with E-state index in [1.165, 1.54) is 12.1 Å². The molecule has 6 nitrogen and oxygen atoms in total. The van der Waals surface area contributed by atoms with Crippen LogP contribution in [0.15, 0.2) is 66.8 Å². The van der Waals surface area contributed by atoms with Gasteiger partial charge in [-0.25, -0.2) is 14.0 Å². The number of benzene rings is 2. The van der Waals surface area contributed by atoms with Gasteiger partial charge >= 0.3 is 11.9 Å². The Morgan fingerprint density at radius 3 is 1.81 bits per heavy atom. The molecule has 0 radical (unpaired) electrons. The molecule has 7 heteroatoms. The molecule has 31 heavy (non-hydrogen) atoms.